The lowest BCUT2D eigenvalue weighted by Crippen LogP contribution is -2.41. The minimum Gasteiger partial charge on any atom is -0.351 e. The number of carbonyl (C=O) groups excluding carboxylic acids is 1. The molecule has 146 valence electrons. The molecule has 7 heteroatoms. The van der Waals surface area contributed by atoms with Crippen LogP contribution in [0, 0.1) is 5.41 Å². The first kappa shape index (κ1) is 18.3. The molecule has 0 saturated carbocycles. The zero-order valence-electron chi connectivity index (χ0n) is 16.4. The van der Waals surface area contributed by atoms with Gasteiger partial charge in [0.05, 0.1) is 17.1 Å². The number of rotatable bonds is 3. The highest BCUT2D eigenvalue weighted by atomic mass is 16.2. The third-order valence-corrected chi connectivity index (χ3v) is 6.51. The largest absolute Gasteiger partial charge is 0.351 e. The van der Waals surface area contributed by atoms with Crippen LogP contribution in [0.5, 0.6) is 0 Å². The molecule has 1 aromatic heterocycles. The predicted molar refractivity (Wildman–Crippen MR) is 106 cm³/mol. The number of hydrogen-bond acceptors (Lipinski definition) is 4. The number of carbonyl (C=O) groups is 1. The van der Waals surface area contributed by atoms with Gasteiger partial charge in [-0.15, -0.1) is 0 Å². The minimum absolute atomic E-state index is 0.0361. The SMILES string of the molecule is CN1CC2(CCNCC2)C[C@H]1C(=O)NCc1ccc2c(c1)n(C)c(=O)n2C. The van der Waals surface area contributed by atoms with Crippen LogP contribution in [0.3, 0.4) is 0 Å². The van der Waals surface area contributed by atoms with Gasteiger partial charge in [-0.05, 0) is 62.5 Å². The summed E-state index contributed by atoms with van der Waals surface area (Å²) in [5.74, 6) is 0.106. The van der Waals surface area contributed by atoms with Crippen molar-refractivity contribution in [2.75, 3.05) is 26.7 Å². The quantitative estimate of drug-likeness (QED) is 0.827. The van der Waals surface area contributed by atoms with Crippen LogP contribution in [-0.2, 0) is 25.4 Å². The number of fused-ring (bicyclic) bond motifs is 1. The Kier molecular flexibility index (Phi) is 4.60. The molecule has 0 bridgehead atoms. The fourth-order valence-electron chi connectivity index (χ4n) is 4.85. The molecule has 0 aliphatic carbocycles. The van der Waals surface area contributed by atoms with Crippen LogP contribution in [0.2, 0.25) is 0 Å². The fraction of sp³-hybridized carbons (Fsp3) is 0.600. The molecule has 4 rings (SSSR count). The monoisotopic (exact) mass is 371 g/mol. The summed E-state index contributed by atoms with van der Waals surface area (Å²) in [4.78, 5) is 27.1. The lowest BCUT2D eigenvalue weighted by atomic mass is 9.77. The molecular formula is C20H29N5O2. The molecule has 1 atom stereocenters. The van der Waals surface area contributed by atoms with Gasteiger partial charge < -0.3 is 10.6 Å². The van der Waals surface area contributed by atoms with Crippen LogP contribution in [0.4, 0.5) is 0 Å². The van der Waals surface area contributed by atoms with E-state index in [4.69, 9.17) is 0 Å². The van der Waals surface area contributed by atoms with Crippen LogP contribution in [0.1, 0.15) is 24.8 Å². The van der Waals surface area contributed by atoms with Gasteiger partial charge in [0.1, 0.15) is 0 Å². The van der Waals surface area contributed by atoms with Crippen LogP contribution in [-0.4, -0.2) is 52.7 Å². The van der Waals surface area contributed by atoms with E-state index in [1.165, 1.54) is 0 Å². The highest BCUT2D eigenvalue weighted by Crippen LogP contribution is 2.41. The van der Waals surface area contributed by atoms with Crippen molar-refractivity contribution in [2.45, 2.75) is 31.8 Å². The third kappa shape index (κ3) is 3.19. The van der Waals surface area contributed by atoms with Crippen molar-refractivity contribution >= 4 is 16.9 Å². The van der Waals surface area contributed by atoms with Gasteiger partial charge in [-0.3, -0.25) is 18.8 Å². The molecule has 3 heterocycles. The zero-order valence-corrected chi connectivity index (χ0v) is 16.4. The maximum absolute atomic E-state index is 12.8. The molecule has 0 radical (unpaired) electrons. The molecule has 0 unspecified atom stereocenters. The van der Waals surface area contributed by atoms with E-state index in [0.717, 1.165) is 55.5 Å². The number of likely N-dealkylation sites (N-methyl/N-ethyl adjacent to an activating group) is 1. The number of aromatic nitrogens is 2. The Hall–Kier alpha value is -2.12. The van der Waals surface area contributed by atoms with E-state index in [9.17, 15) is 9.59 Å². The van der Waals surface area contributed by atoms with E-state index < -0.39 is 0 Å². The summed E-state index contributed by atoms with van der Waals surface area (Å²) in [5.41, 5.74) is 3.06. The zero-order chi connectivity index (χ0) is 19.2. The van der Waals surface area contributed by atoms with Crippen molar-refractivity contribution in [3.05, 3.63) is 34.2 Å². The van der Waals surface area contributed by atoms with E-state index in [1.807, 2.05) is 18.2 Å². The van der Waals surface area contributed by atoms with Crippen molar-refractivity contribution in [3.8, 4) is 0 Å². The Labute approximate surface area is 159 Å². The maximum Gasteiger partial charge on any atom is 0.328 e. The lowest BCUT2D eigenvalue weighted by molar-refractivity contribution is -0.125. The molecule has 2 fully saturated rings. The highest BCUT2D eigenvalue weighted by Gasteiger charge is 2.45. The summed E-state index contributed by atoms with van der Waals surface area (Å²) < 4.78 is 3.29. The second-order valence-corrected chi connectivity index (χ2v) is 8.33. The Morgan fingerprint density at radius 2 is 1.89 bits per heavy atom. The maximum atomic E-state index is 12.8. The third-order valence-electron chi connectivity index (χ3n) is 6.51. The number of hydrogen-bond donors (Lipinski definition) is 2. The number of aryl methyl sites for hydroxylation is 2. The molecular weight excluding hydrogens is 342 g/mol. The Balaban J connectivity index is 1.44. The summed E-state index contributed by atoms with van der Waals surface area (Å²) in [6.07, 6.45) is 3.25. The van der Waals surface area contributed by atoms with Crippen molar-refractivity contribution < 1.29 is 4.79 Å². The number of nitrogens with zero attached hydrogens (tertiary/aromatic N) is 3. The summed E-state index contributed by atoms with van der Waals surface area (Å²) in [5, 5.41) is 6.53. The van der Waals surface area contributed by atoms with Gasteiger partial charge in [0.15, 0.2) is 0 Å². The molecule has 7 nitrogen and oxygen atoms in total. The number of imidazole rings is 1. The first-order chi connectivity index (χ1) is 12.9. The highest BCUT2D eigenvalue weighted by molar-refractivity contribution is 5.82. The molecule has 2 N–H and O–H groups in total. The average Bonchev–Trinajstić information content (AvgIpc) is 3.10. The van der Waals surface area contributed by atoms with Gasteiger partial charge in [0, 0.05) is 27.2 Å². The molecule has 2 aromatic rings. The van der Waals surface area contributed by atoms with E-state index in [0.29, 0.717) is 12.0 Å². The molecule has 2 aliphatic heterocycles. The number of piperidine rings is 1. The van der Waals surface area contributed by atoms with Crippen molar-refractivity contribution in [3.63, 3.8) is 0 Å². The van der Waals surface area contributed by atoms with Crippen molar-refractivity contribution in [1.29, 1.82) is 0 Å². The van der Waals surface area contributed by atoms with E-state index in [-0.39, 0.29) is 17.6 Å². The Morgan fingerprint density at radius 3 is 2.63 bits per heavy atom. The van der Waals surface area contributed by atoms with Crippen molar-refractivity contribution in [1.82, 2.24) is 24.7 Å². The van der Waals surface area contributed by atoms with Crippen LogP contribution in [0.15, 0.2) is 23.0 Å². The summed E-state index contributed by atoms with van der Waals surface area (Å²) in [6.45, 7) is 3.59. The topological polar surface area (TPSA) is 71.3 Å². The Bertz CT molecular complexity index is 922. The van der Waals surface area contributed by atoms with Gasteiger partial charge in [-0.25, -0.2) is 4.79 Å². The lowest BCUT2D eigenvalue weighted by Gasteiger charge is -2.33. The molecule has 1 aromatic carbocycles. The second kappa shape index (κ2) is 6.80. The second-order valence-electron chi connectivity index (χ2n) is 8.33. The number of amides is 1. The van der Waals surface area contributed by atoms with Gasteiger partial charge in [-0.1, -0.05) is 6.07 Å². The van der Waals surface area contributed by atoms with E-state index in [2.05, 4.69) is 22.6 Å². The molecule has 1 amide bonds. The van der Waals surface area contributed by atoms with E-state index in [1.54, 1.807) is 23.2 Å². The van der Waals surface area contributed by atoms with Crippen LogP contribution >= 0.6 is 0 Å². The Morgan fingerprint density at radius 1 is 1.19 bits per heavy atom. The fourth-order valence-corrected chi connectivity index (χ4v) is 4.85. The van der Waals surface area contributed by atoms with Crippen LogP contribution < -0.4 is 16.3 Å². The van der Waals surface area contributed by atoms with Gasteiger partial charge >= 0.3 is 5.69 Å². The average molecular weight is 371 g/mol. The van der Waals surface area contributed by atoms with Crippen molar-refractivity contribution in [2.24, 2.45) is 19.5 Å². The normalized spacial score (nSPS) is 22.6. The predicted octanol–water partition coefficient (Wildman–Crippen LogP) is 0.567. The van der Waals surface area contributed by atoms with E-state index >= 15 is 0 Å². The van der Waals surface area contributed by atoms with Gasteiger partial charge in [0.2, 0.25) is 5.91 Å². The molecule has 1 spiro atoms. The molecule has 2 aliphatic rings. The van der Waals surface area contributed by atoms with Crippen LogP contribution in [0.25, 0.3) is 11.0 Å². The van der Waals surface area contributed by atoms with Gasteiger partial charge in [-0.2, -0.15) is 0 Å². The first-order valence-electron chi connectivity index (χ1n) is 9.73. The summed E-state index contributed by atoms with van der Waals surface area (Å²) in [7, 11) is 5.62. The van der Waals surface area contributed by atoms with Gasteiger partial charge in [0.25, 0.3) is 0 Å². The first-order valence-corrected chi connectivity index (χ1v) is 9.73. The smallest absolute Gasteiger partial charge is 0.328 e. The number of likely N-dealkylation sites (tertiary alicyclic amines) is 1. The standard InChI is InChI=1S/C20H29N5O2/c1-23-13-20(6-8-21-9-7-20)11-17(23)18(26)22-12-14-4-5-15-16(10-14)25(3)19(27)24(15)2/h4-5,10,17,21H,6-9,11-13H2,1-3H3,(H,22,26)/t17-/m0/s1. The minimum atomic E-state index is -0.0482. The summed E-state index contributed by atoms with van der Waals surface area (Å²) in [6, 6.07) is 5.87. The summed E-state index contributed by atoms with van der Waals surface area (Å²) >= 11 is 0. The molecule has 27 heavy (non-hydrogen) atoms. The number of benzene rings is 1. The number of nitrogens with one attached hydrogen (secondary N) is 2. The molecule has 2 saturated heterocycles.